The molecule has 164 valence electrons. The second-order valence-electron chi connectivity index (χ2n) is 9.49. The number of likely N-dealkylation sites (N-methyl/N-ethyl adjacent to an activating group) is 1. The molecular formula is C24H26BrNO5. The highest BCUT2D eigenvalue weighted by molar-refractivity contribution is 5.91. The Morgan fingerprint density at radius 1 is 1.03 bits per heavy atom. The minimum atomic E-state index is -1.29. The van der Waals surface area contributed by atoms with Crippen LogP contribution in [-0.2, 0) is 19.7 Å². The second-order valence-corrected chi connectivity index (χ2v) is 9.49. The number of morpholine rings is 1. The first kappa shape index (κ1) is 20.9. The second kappa shape index (κ2) is 7.04. The molecule has 4 atom stereocenters. The number of halogens is 1. The summed E-state index contributed by atoms with van der Waals surface area (Å²) in [5.41, 5.74) is 0.0145. The molecule has 4 heterocycles. The Bertz CT molecular complexity index is 975. The maximum atomic E-state index is 13.8. The summed E-state index contributed by atoms with van der Waals surface area (Å²) >= 11 is 0. The Balaban J connectivity index is 0.00000204. The summed E-state index contributed by atoms with van der Waals surface area (Å²) in [4.78, 5) is 13.8. The van der Waals surface area contributed by atoms with Crippen molar-refractivity contribution in [3.05, 3.63) is 59.7 Å². The van der Waals surface area contributed by atoms with Gasteiger partial charge in [0.25, 0.3) is 0 Å². The number of carbonyl (C=O) groups excluding carboxylic acids is 1. The van der Waals surface area contributed by atoms with E-state index in [-0.39, 0.29) is 29.7 Å². The molecule has 3 saturated heterocycles. The van der Waals surface area contributed by atoms with Crippen molar-refractivity contribution in [1.29, 1.82) is 0 Å². The molecule has 4 aliphatic rings. The van der Waals surface area contributed by atoms with Crippen LogP contribution in [0.2, 0.25) is 0 Å². The van der Waals surface area contributed by atoms with Crippen LogP contribution in [0.1, 0.15) is 24.0 Å². The number of quaternary nitrogens is 1. The van der Waals surface area contributed by atoms with Crippen molar-refractivity contribution < 1.29 is 45.6 Å². The summed E-state index contributed by atoms with van der Waals surface area (Å²) in [5.74, 6) is 0.760. The Hall–Kier alpha value is -1.93. The normalized spacial score (nSPS) is 32.4. The molecule has 0 radical (unpaired) electrons. The minimum Gasteiger partial charge on any atom is -1.00 e. The summed E-state index contributed by atoms with van der Waals surface area (Å²) in [6.45, 7) is -0.376. The Labute approximate surface area is 192 Å². The highest BCUT2D eigenvalue weighted by atomic mass is 79.9. The van der Waals surface area contributed by atoms with Crippen molar-refractivity contribution in [2.75, 3.05) is 20.7 Å². The van der Waals surface area contributed by atoms with Crippen molar-refractivity contribution in [1.82, 2.24) is 0 Å². The number of fused-ring (bicyclic) bond motifs is 7. The van der Waals surface area contributed by atoms with Crippen molar-refractivity contribution in [2.24, 2.45) is 0 Å². The molecule has 0 amide bonds. The van der Waals surface area contributed by atoms with E-state index in [9.17, 15) is 9.90 Å². The summed E-state index contributed by atoms with van der Waals surface area (Å²) < 4.78 is 19.0. The molecule has 0 saturated carbocycles. The predicted molar refractivity (Wildman–Crippen MR) is 108 cm³/mol. The lowest BCUT2D eigenvalue weighted by Crippen LogP contribution is -3.00. The highest BCUT2D eigenvalue weighted by Gasteiger charge is 2.71. The molecule has 6 rings (SSSR count). The van der Waals surface area contributed by atoms with Gasteiger partial charge in [-0.1, -0.05) is 36.4 Å². The van der Waals surface area contributed by atoms with Gasteiger partial charge in [0.15, 0.2) is 0 Å². The van der Waals surface area contributed by atoms with E-state index in [1.165, 1.54) is 0 Å². The number of rotatable bonds is 3. The lowest BCUT2D eigenvalue weighted by Gasteiger charge is -2.46. The third kappa shape index (κ3) is 2.76. The van der Waals surface area contributed by atoms with E-state index in [1.54, 1.807) is 0 Å². The highest BCUT2D eigenvalue weighted by Crippen LogP contribution is 2.53. The van der Waals surface area contributed by atoms with Gasteiger partial charge in [-0.25, -0.2) is 0 Å². The van der Waals surface area contributed by atoms with Crippen LogP contribution < -0.4 is 21.7 Å². The van der Waals surface area contributed by atoms with Gasteiger partial charge in [-0.05, 0) is 12.1 Å². The molecule has 31 heavy (non-hydrogen) atoms. The topological polar surface area (TPSA) is 68.3 Å². The monoisotopic (exact) mass is 487 g/mol. The van der Waals surface area contributed by atoms with Gasteiger partial charge in [-0.15, -0.1) is 0 Å². The molecule has 6 nitrogen and oxygen atoms in total. The summed E-state index contributed by atoms with van der Waals surface area (Å²) in [6.07, 6.45) is 2.01. The fraction of sp³-hybridized carbons (Fsp3) is 0.458. The van der Waals surface area contributed by atoms with Gasteiger partial charge in [0.2, 0.25) is 0 Å². The molecule has 2 aromatic carbocycles. The standard InChI is InChI=1S/C24H26NO5.BrH/c1-25(2)17-11-14(12-18(25)22-21(17)30-22)28-23(27)24(13-26)15-7-3-5-9-19(15)29-20-10-6-4-8-16(20)24;/h3-10,14,17-18,21-22,26H,11-13H2,1-2H3;1H/q+1;/p-1. The maximum Gasteiger partial charge on any atom is 0.324 e. The van der Waals surface area contributed by atoms with Crippen molar-refractivity contribution in [2.45, 2.75) is 48.7 Å². The van der Waals surface area contributed by atoms with Crippen LogP contribution in [0.5, 0.6) is 11.5 Å². The number of piperidine rings is 1. The van der Waals surface area contributed by atoms with Gasteiger partial charge in [0.05, 0.1) is 20.7 Å². The summed E-state index contributed by atoms with van der Waals surface area (Å²) in [6, 6.07) is 15.5. The number of benzene rings is 2. The third-order valence-corrected chi connectivity index (χ3v) is 7.81. The lowest BCUT2D eigenvalue weighted by molar-refractivity contribution is -0.938. The SMILES string of the molecule is C[N+]1(C)C2CC(OC(=O)C3(CO)c4ccccc4Oc4ccccc43)CC1C1OC12.[Br-]. The van der Waals surface area contributed by atoms with E-state index in [2.05, 4.69) is 14.1 Å². The average Bonchev–Trinajstić information content (AvgIpc) is 3.50. The van der Waals surface area contributed by atoms with Crippen LogP contribution in [0.25, 0.3) is 0 Å². The first-order chi connectivity index (χ1) is 14.5. The number of hydrogen-bond acceptors (Lipinski definition) is 5. The van der Waals surface area contributed by atoms with Crippen LogP contribution in [0, 0.1) is 0 Å². The first-order valence-corrected chi connectivity index (χ1v) is 10.6. The van der Waals surface area contributed by atoms with Crippen LogP contribution in [0.4, 0.5) is 0 Å². The molecule has 4 unspecified atom stereocenters. The van der Waals surface area contributed by atoms with Gasteiger partial charge in [0.1, 0.15) is 47.3 Å². The van der Waals surface area contributed by atoms with Crippen LogP contribution in [0.3, 0.4) is 0 Å². The fourth-order valence-electron chi connectivity index (χ4n) is 6.09. The molecule has 0 spiro atoms. The van der Waals surface area contributed by atoms with E-state index >= 15 is 0 Å². The Kier molecular flexibility index (Phi) is 4.75. The largest absolute Gasteiger partial charge is 1.00 e. The van der Waals surface area contributed by atoms with E-state index < -0.39 is 11.4 Å². The van der Waals surface area contributed by atoms with E-state index in [1.807, 2.05) is 48.5 Å². The number of aliphatic hydroxyl groups excluding tert-OH is 1. The smallest absolute Gasteiger partial charge is 0.324 e. The number of hydrogen-bond donors (Lipinski definition) is 1. The van der Waals surface area contributed by atoms with Crippen LogP contribution in [0.15, 0.2) is 48.5 Å². The number of nitrogens with zero attached hydrogens (tertiary/aromatic N) is 1. The van der Waals surface area contributed by atoms with Crippen LogP contribution in [-0.4, -0.2) is 66.7 Å². The molecule has 3 fully saturated rings. The zero-order valence-electron chi connectivity index (χ0n) is 17.5. The number of esters is 1. The summed E-state index contributed by atoms with van der Waals surface area (Å²) in [5, 5.41) is 10.6. The van der Waals surface area contributed by atoms with Crippen molar-refractivity contribution >= 4 is 5.97 Å². The molecule has 2 aromatic rings. The van der Waals surface area contributed by atoms with Crippen molar-refractivity contribution in [3.63, 3.8) is 0 Å². The summed E-state index contributed by atoms with van der Waals surface area (Å²) in [7, 11) is 4.51. The minimum absolute atomic E-state index is 0. The number of ether oxygens (including phenoxy) is 3. The zero-order chi connectivity index (χ0) is 20.7. The quantitative estimate of drug-likeness (QED) is 0.355. The first-order valence-electron chi connectivity index (χ1n) is 10.6. The molecule has 0 aromatic heterocycles. The maximum absolute atomic E-state index is 13.8. The fourth-order valence-corrected chi connectivity index (χ4v) is 6.09. The van der Waals surface area contributed by atoms with Crippen LogP contribution >= 0.6 is 0 Å². The molecule has 0 aliphatic carbocycles. The molecule has 7 heteroatoms. The van der Waals surface area contributed by atoms with Gasteiger partial charge >= 0.3 is 5.97 Å². The number of carbonyl (C=O) groups is 1. The van der Waals surface area contributed by atoms with E-state index in [0.717, 1.165) is 17.3 Å². The van der Waals surface area contributed by atoms with E-state index in [4.69, 9.17) is 14.2 Å². The number of aliphatic hydroxyl groups is 1. The van der Waals surface area contributed by atoms with Gasteiger partial charge in [-0.3, -0.25) is 4.79 Å². The van der Waals surface area contributed by atoms with E-state index in [0.29, 0.717) is 46.9 Å². The average molecular weight is 488 g/mol. The molecule has 4 aliphatic heterocycles. The number of para-hydroxylation sites is 2. The van der Waals surface area contributed by atoms with Gasteiger partial charge in [0, 0.05) is 24.0 Å². The zero-order valence-corrected chi connectivity index (χ0v) is 19.1. The van der Waals surface area contributed by atoms with Crippen molar-refractivity contribution in [3.8, 4) is 11.5 Å². The van der Waals surface area contributed by atoms with Gasteiger partial charge in [-0.2, -0.15) is 0 Å². The molecule has 2 bridgehead atoms. The lowest BCUT2D eigenvalue weighted by atomic mass is 9.73. The molecular weight excluding hydrogens is 462 g/mol. The molecule has 1 N–H and O–H groups in total. The number of epoxide rings is 1. The predicted octanol–water partition coefficient (Wildman–Crippen LogP) is -0.625. The third-order valence-electron chi connectivity index (χ3n) is 7.81. The van der Waals surface area contributed by atoms with Gasteiger partial charge < -0.3 is 40.8 Å². The Morgan fingerprint density at radius 3 is 2.06 bits per heavy atom. The Morgan fingerprint density at radius 2 is 1.55 bits per heavy atom.